The second-order valence-corrected chi connectivity index (χ2v) is 9.63. The lowest BCUT2D eigenvalue weighted by Gasteiger charge is -2.26. The summed E-state index contributed by atoms with van der Waals surface area (Å²) in [4.78, 5) is 10.3. The first-order valence-corrected chi connectivity index (χ1v) is 12.8. The van der Waals surface area contributed by atoms with Crippen molar-refractivity contribution >= 4 is 5.69 Å². The van der Waals surface area contributed by atoms with Crippen molar-refractivity contribution < 1.29 is 23.9 Å². The fourth-order valence-corrected chi connectivity index (χ4v) is 4.04. The van der Waals surface area contributed by atoms with Gasteiger partial charge in [-0.25, -0.2) is 0 Å². The number of nitro groups is 1. The minimum atomic E-state index is -0.438. The molecule has 0 radical (unpaired) electrons. The fourth-order valence-electron chi connectivity index (χ4n) is 4.04. The van der Waals surface area contributed by atoms with E-state index in [2.05, 4.69) is 38.1 Å². The van der Waals surface area contributed by atoms with E-state index in [0.717, 1.165) is 22.8 Å². The van der Waals surface area contributed by atoms with Gasteiger partial charge in [0.2, 0.25) is 0 Å². The first-order chi connectivity index (χ1) is 18.8. The fraction of sp³-hybridized carbons (Fsp3) is 0.250. The van der Waals surface area contributed by atoms with Gasteiger partial charge in [0.1, 0.15) is 49.4 Å². The third-order valence-corrected chi connectivity index (χ3v) is 6.46. The Balaban J connectivity index is 1.22. The summed E-state index contributed by atoms with van der Waals surface area (Å²) in [6.45, 7) is 8.06. The molecular weight excluding hydrogens is 494 g/mol. The lowest BCUT2D eigenvalue weighted by Crippen LogP contribution is -2.19. The van der Waals surface area contributed by atoms with E-state index < -0.39 is 4.92 Å². The quantitative estimate of drug-likeness (QED) is 0.104. The average molecular weight is 528 g/mol. The first-order valence-electron chi connectivity index (χ1n) is 12.8. The van der Waals surface area contributed by atoms with Crippen LogP contribution in [0.25, 0.3) is 0 Å². The highest BCUT2D eigenvalue weighted by Gasteiger charge is 2.23. The molecule has 0 aromatic heterocycles. The number of nitrogens with zero attached hydrogens (tertiary/aromatic N) is 1. The summed E-state index contributed by atoms with van der Waals surface area (Å²) in [7, 11) is 0. The van der Waals surface area contributed by atoms with Gasteiger partial charge in [-0.05, 0) is 66.6 Å². The van der Waals surface area contributed by atoms with Gasteiger partial charge in [0, 0.05) is 17.5 Å². The van der Waals surface area contributed by atoms with E-state index in [4.69, 9.17) is 18.9 Å². The molecular formula is C32H33NO6. The van der Waals surface area contributed by atoms with E-state index in [-0.39, 0.29) is 11.1 Å². The van der Waals surface area contributed by atoms with Crippen molar-refractivity contribution in [2.24, 2.45) is 0 Å². The highest BCUT2D eigenvalue weighted by atomic mass is 16.6. The van der Waals surface area contributed by atoms with E-state index in [9.17, 15) is 10.1 Å². The molecule has 0 saturated carbocycles. The molecule has 0 unspecified atom stereocenters. The van der Waals surface area contributed by atoms with Gasteiger partial charge in [0.15, 0.2) is 0 Å². The molecule has 4 rings (SSSR count). The lowest BCUT2D eigenvalue weighted by molar-refractivity contribution is -0.384. The second kappa shape index (κ2) is 12.8. The van der Waals surface area contributed by atoms with E-state index in [1.165, 1.54) is 23.3 Å². The van der Waals surface area contributed by atoms with Crippen LogP contribution in [0.2, 0.25) is 0 Å². The molecule has 0 aliphatic carbocycles. The minimum absolute atomic E-state index is 0.0329. The van der Waals surface area contributed by atoms with Gasteiger partial charge in [-0.2, -0.15) is 0 Å². The number of rotatable bonds is 13. The summed E-state index contributed by atoms with van der Waals surface area (Å²) in [6, 6.07) is 30.2. The Hall–Kier alpha value is -4.52. The summed E-state index contributed by atoms with van der Waals surface area (Å²) in [6.07, 6.45) is 0. The molecule has 7 nitrogen and oxygen atoms in total. The van der Waals surface area contributed by atoms with Gasteiger partial charge in [-0.1, -0.05) is 55.8 Å². The zero-order valence-corrected chi connectivity index (χ0v) is 22.5. The molecule has 0 atom stereocenters. The Morgan fingerprint density at radius 2 is 0.872 bits per heavy atom. The van der Waals surface area contributed by atoms with Crippen LogP contribution in [-0.2, 0) is 5.41 Å². The van der Waals surface area contributed by atoms with Gasteiger partial charge in [-0.15, -0.1) is 0 Å². The Morgan fingerprint density at radius 1 is 0.564 bits per heavy atom. The predicted octanol–water partition coefficient (Wildman–Crippen LogP) is 7.14. The van der Waals surface area contributed by atoms with Crippen LogP contribution in [0.5, 0.6) is 23.0 Å². The Labute approximate surface area is 229 Å². The molecule has 7 heteroatoms. The normalized spacial score (nSPS) is 11.1. The van der Waals surface area contributed by atoms with Gasteiger partial charge in [-0.3, -0.25) is 10.1 Å². The maximum absolute atomic E-state index is 10.7. The van der Waals surface area contributed by atoms with Crippen LogP contribution in [0.4, 0.5) is 5.69 Å². The summed E-state index contributed by atoms with van der Waals surface area (Å²) < 4.78 is 23.0. The molecule has 202 valence electrons. The predicted molar refractivity (Wildman–Crippen MR) is 151 cm³/mol. The third kappa shape index (κ3) is 7.74. The molecule has 0 spiro atoms. The Morgan fingerprint density at radius 3 is 1.21 bits per heavy atom. The zero-order chi connectivity index (χ0) is 27.7. The number of benzene rings is 4. The zero-order valence-electron chi connectivity index (χ0n) is 22.5. The molecule has 0 bridgehead atoms. The Bertz CT molecular complexity index is 1330. The van der Waals surface area contributed by atoms with Crippen molar-refractivity contribution in [1.82, 2.24) is 0 Å². The molecule has 4 aromatic carbocycles. The van der Waals surface area contributed by atoms with Crippen LogP contribution in [0, 0.1) is 17.0 Å². The number of nitro benzene ring substituents is 1. The highest BCUT2D eigenvalue weighted by molar-refractivity contribution is 5.42. The lowest BCUT2D eigenvalue weighted by atomic mass is 9.78. The van der Waals surface area contributed by atoms with Gasteiger partial charge >= 0.3 is 0 Å². The van der Waals surface area contributed by atoms with E-state index in [1.54, 1.807) is 12.1 Å². The molecule has 0 amide bonds. The maximum atomic E-state index is 10.7. The minimum Gasteiger partial charge on any atom is -0.490 e. The first kappa shape index (κ1) is 27.5. The molecule has 4 aromatic rings. The van der Waals surface area contributed by atoms with Crippen molar-refractivity contribution in [3.05, 3.63) is 124 Å². The largest absolute Gasteiger partial charge is 0.490 e. The topological polar surface area (TPSA) is 80.1 Å². The number of aryl methyl sites for hydroxylation is 1. The van der Waals surface area contributed by atoms with Crippen LogP contribution in [0.1, 0.15) is 30.5 Å². The smallest absolute Gasteiger partial charge is 0.269 e. The Kier molecular flexibility index (Phi) is 9.05. The average Bonchev–Trinajstić information content (AvgIpc) is 2.95. The van der Waals surface area contributed by atoms with E-state index in [1.807, 2.05) is 55.5 Å². The van der Waals surface area contributed by atoms with Crippen molar-refractivity contribution in [2.75, 3.05) is 26.4 Å². The monoisotopic (exact) mass is 527 g/mol. The second-order valence-electron chi connectivity index (χ2n) is 9.63. The molecule has 0 fully saturated rings. The number of ether oxygens (including phenoxy) is 4. The third-order valence-electron chi connectivity index (χ3n) is 6.46. The van der Waals surface area contributed by atoms with Crippen molar-refractivity contribution in [1.29, 1.82) is 0 Å². The summed E-state index contributed by atoms with van der Waals surface area (Å²) in [5, 5.41) is 10.7. The van der Waals surface area contributed by atoms with Crippen LogP contribution in [0.3, 0.4) is 0 Å². The molecule has 0 saturated heterocycles. The SMILES string of the molecule is Cc1ccc(OCCOc2ccc(C(C)(C)c3ccc(OCCOc4ccc([N+](=O)[O-])cc4)cc3)cc2)cc1. The van der Waals surface area contributed by atoms with Crippen molar-refractivity contribution in [3.63, 3.8) is 0 Å². The summed E-state index contributed by atoms with van der Waals surface area (Å²) in [5.74, 6) is 2.96. The van der Waals surface area contributed by atoms with Crippen LogP contribution in [0.15, 0.2) is 97.1 Å². The van der Waals surface area contributed by atoms with E-state index >= 15 is 0 Å². The van der Waals surface area contributed by atoms with Crippen molar-refractivity contribution in [2.45, 2.75) is 26.2 Å². The van der Waals surface area contributed by atoms with Gasteiger partial charge in [0.05, 0.1) is 4.92 Å². The van der Waals surface area contributed by atoms with Crippen molar-refractivity contribution in [3.8, 4) is 23.0 Å². The van der Waals surface area contributed by atoms with Gasteiger partial charge in [0.25, 0.3) is 5.69 Å². The molecule has 0 N–H and O–H groups in total. The van der Waals surface area contributed by atoms with Crippen LogP contribution >= 0.6 is 0 Å². The molecule has 0 aliphatic heterocycles. The van der Waals surface area contributed by atoms with Crippen LogP contribution in [-0.4, -0.2) is 31.4 Å². The van der Waals surface area contributed by atoms with Crippen LogP contribution < -0.4 is 18.9 Å². The number of hydrogen-bond acceptors (Lipinski definition) is 6. The maximum Gasteiger partial charge on any atom is 0.269 e. The number of hydrogen-bond donors (Lipinski definition) is 0. The number of non-ortho nitro benzene ring substituents is 1. The van der Waals surface area contributed by atoms with E-state index in [0.29, 0.717) is 32.2 Å². The highest BCUT2D eigenvalue weighted by Crippen LogP contribution is 2.33. The summed E-state index contributed by atoms with van der Waals surface area (Å²) in [5.41, 5.74) is 3.37. The standard InChI is InChI=1S/C32H33NO6/c1-24-4-12-28(13-5-24)36-20-21-37-29-14-6-25(7-15-29)32(2,3)26-8-16-30(17-9-26)38-22-23-39-31-18-10-27(11-19-31)33(34)35/h4-19H,20-23H2,1-3H3. The molecule has 0 heterocycles. The van der Waals surface area contributed by atoms with Gasteiger partial charge < -0.3 is 18.9 Å². The summed E-state index contributed by atoms with van der Waals surface area (Å²) >= 11 is 0. The molecule has 0 aliphatic rings. The molecule has 39 heavy (non-hydrogen) atoms.